The largest absolute Gasteiger partial charge is 0.486 e. The highest BCUT2D eigenvalue weighted by molar-refractivity contribution is 5.92. The number of hydrogen-bond acceptors (Lipinski definition) is 7. The molecule has 0 amide bonds. The molecular formula is C20H22O7. The van der Waals surface area contributed by atoms with E-state index in [1.165, 1.54) is 6.92 Å². The first-order valence-electron chi connectivity index (χ1n) is 8.65. The van der Waals surface area contributed by atoms with Gasteiger partial charge in [0.25, 0.3) is 5.76 Å². The third-order valence-electron chi connectivity index (χ3n) is 3.96. The molecule has 2 aliphatic rings. The Morgan fingerprint density at radius 3 is 2.67 bits per heavy atom. The van der Waals surface area contributed by atoms with Gasteiger partial charge in [0.1, 0.15) is 12.7 Å². The minimum atomic E-state index is -0.834. The molecular weight excluding hydrogens is 352 g/mol. The molecule has 0 saturated carbocycles. The van der Waals surface area contributed by atoms with E-state index in [2.05, 4.69) is 0 Å². The van der Waals surface area contributed by atoms with Crippen LogP contribution in [0.2, 0.25) is 0 Å². The molecule has 7 heteroatoms. The van der Waals surface area contributed by atoms with Gasteiger partial charge in [-0.05, 0) is 25.5 Å². The summed E-state index contributed by atoms with van der Waals surface area (Å²) in [6.07, 6.45) is 2.30. The van der Waals surface area contributed by atoms with Gasteiger partial charge in [-0.3, -0.25) is 4.79 Å². The summed E-state index contributed by atoms with van der Waals surface area (Å²) in [7, 11) is 0. The van der Waals surface area contributed by atoms with E-state index in [1.54, 1.807) is 19.9 Å². The van der Waals surface area contributed by atoms with Crippen LogP contribution in [0.5, 0.6) is 0 Å². The number of esters is 2. The number of carbonyl (C=O) groups excluding carboxylic acids is 2. The van der Waals surface area contributed by atoms with E-state index in [1.807, 2.05) is 36.4 Å². The standard InChI is InChI=1S/C20H22O7/c1-13(21)25-18-17(23-11-7-10-14-8-5-4-6-9-14)16(26-19(18)22)15-12-24-20(2,3)27-15/h4-10,15-16H,11-12H2,1-3H3/b10-7+/t15-,16+/m0/s1. The molecule has 0 aliphatic carbocycles. The summed E-state index contributed by atoms with van der Waals surface area (Å²) in [5, 5.41) is 0. The third-order valence-corrected chi connectivity index (χ3v) is 3.96. The molecule has 0 spiro atoms. The van der Waals surface area contributed by atoms with E-state index >= 15 is 0 Å². The molecule has 7 nitrogen and oxygen atoms in total. The van der Waals surface area contributed by atoms with Crippen LogP contribution in [-0.2, 0) is 33.3 Å². The predicted octanol–water partition coefficient (Wildman–Crippen LogP) is 2.57. The fraction of sp³-hybridized carbons (Fsp3) is 0.400. The normalized spacial score (nSPS) is 24.3. The molecule has 144 valence electrons. The molecule has 0 bridgehead atoms. The molecule has 2 atom stereocenters. The van der Waals surface area contributed by atoms with Crippen molar-refractivity contribution >= 4 is 18.0 Å². The maximum absolute atomic E-state index is 12.2. The Kier molecular flexibility index (Phi) is 5.62. The van der Waals surface area contributed by atoms with Crippen LogP contribution in [0, 0.1) is 0 Å². The average Bonchev–Trinajstić information content (AvgIpc) is 3.12. The zero-order chi connectivity index (χ0) is 19.4. The molecule has 2 heterocycles. The van der Waals surface area contributed by atoms with Crippen molar-refractivity contribution in [1.29, 1.82) is 0 Å². The van der Waals surface area contributed by atoms with Crippen molar-refractivity contribution in [2.24, 2.45) is 0 Å². The Bertz CT molecular complexity index is 764. The van der Waals surface area contributed by atoms with E-state index in [-0.39, 0.29) is 24.7 Å². The van der Waals surface area contributed by atoms with Crippen molar-refractivity contribution in [3.63, 3.8) is 0 Å². The van der Waals surface area contributed by atoms with Crippen LogP contribution in [-0.4, -0.2) is 43.1 Å². The van der Waals surface area contributed by atoms with Gasteiger partial charge < -0.3 is 23.7 Å². The van der Waals surface area contributed by atoms with E-state index in [9.17, 15) is 9.59 Å². The monoisotopic (exact) mass is 374 g/mol. The van der Waals surface area contributed by atoms with Gasteiger partial charge in [0.15, 0.2) is 17.7 Å². The summed E-state index contributed by atoms with van der Waals surface area (Å²) in [4.78, 5) is 23.5. The maximum Gasteiger partial charge on any atom is 0.378 e. The van der Waals surface area contributed by atoms with Crippen molar-refractivity contribution in [1.82, 2.24) is 0 Å². The Morgan fingerprint density at radius 2 is 2.04 bits per heavy atom. The highest BCUT2D eigenvalue weighted by Gasteiger charge is 2.48. The van der Waals surface area contributed by atoms with E-state index in [0.29, 0.717) is 0 Å². The summed E-state index contributed by atoms with van der Waals surface area (Å²) in [5.41, 5.74) is 1.01. The van der Waals surface area contributed by atoms with Crippen molar-refractivity contribution in [2.75, 3.05) is 13.2 Å². The lowest BCUT2D eigenvalue weighted by Crippen LogP contribution is -2.33. The van der Waals surface area contributed by atoms with Crippen LogP contribution in [0.3, 0.4) is 0 Å². The minimum absolute atomic E-state index is 0.138. The van der Waals surface area contributed by atoms with Crippen LogP contribution >= 0.6 is 0 Å². The Balaban J connectivity index is 1.74. The Morgan fingerprint density at radius 1 is 1.30 bits per heavy atom. The molecule has 2 aliphatic heterocycles. The van der Waals surface area contributed by atoms with Gasteiger partial charge >= 0.3 is 11.9 Å². The highest BCUT2D eigenvalue weighted by atomic mass is 16.8. The molecule has 1 saturated heterocycles. The first-order valence-corrected chi connectivity index (χ1v) is 8.65. The molecule has 0 unspecified atom stereocenters. The summed E-state index contributed by atoms with van der Waals surface area (Å²) >= 11 is 0. The third kappa shape index (κ3) is 4.75. The molecule has 27 heavy (non-hydrogen) atoms. The van der Waals surface area contributed by atoms with Gasteiger partial charge in [0.2, 0.25) is 0 Å². The molecule has 0 aromatic heterocycles. The summed E-state index contributed by atoms with van der Waals surface area (Å²) in [6, 6.07) is 9.70. The number of ether oxygens (including phenoxy) is 5. The second-order valence-electron chi connectivity index (χ2n) is 6.60. The Hall–Kier alpha value is -2.64. The van der Waals surface area contributed by atoms with Crippen LogP contribution in [0.1, 0.15) is 26.3 Å². The van der Waals surface area contributed by atoms with Crippen molar-refractivity contribution in [3.8, 4) is 0 Å². The van der Waals surface area contributed by atoms with E-state index in [0.717, 1.165) is 5.56 Å². The minimum Gasteiger partial charge on any atom is -0.486 e. The maximum atomic E-state index is 12.2. The number of carbonyl (C=O) groups is 2. The second-order valence-corrected chi connectivity index (χ2v) is 6.60. The van der Waals surface area contributed by atoms with Crippen molar-refractivity contribution in [3.05, 3.63) is 53.5 Å². The topological polar surface area (TPSA) is 80.3 Å². The zero-order valence-corrected chi connectivity index (χ0v) is 15.5. The lowest BCUT2D eigenvalue weighted by molar-refractivity contribution is -0.164. The van der Waals surface area contributed by atoms with Gasteiger partial charge in [-0.2, -0.15) is 0 Å². The molecule has 1 aromatic rings. The first kappa shape index (κ1) is 19.1. The predicted molar refractivity (Wildman–Crippen MR) is 95.0 cm³/mol. The zero-order valence-electron chi connectivity index (χ0n) is 15.5. The average molecular weight is 374 g/mol. The molecule has 1 fully saturated rings. The highest BCUT2D eigenvalue weighted by Crippen LogP contribution is 2.34. The van der Waals surface area contributed by atoms with E-state index in [4.69, 9.17) is 23.7 Å². The molecule has 0 N–H and O–H groups in total. The SMILES string of the molecule is CC(=O)OC1=C(OC/C=C/c2ccccc2)[C@@H]([C@@H]2COC(C)(C)O2)OC1=O. The molecule has 1 aromatic carbocycles. The lowest BCUT2D eigenvalue weighted by Gasteiger charge is -2.21. The van der Waals surface area contributed by atoms with Gasteiger partial charge in [-0.25, -0.2) is 4.79 Å². The second kappa shape index (κ2) is 7.94. The number of cyclic esters (lactones) is 1. The first-order chi connectivity index (χ1) is 12.9. The van der Waals surface area contributed by atoms with Crippen LogP contribution in [0.4, 0.5) is 0 Å². The van der Waals surface area contributed by atoms with Crippen LogP contribution in [0.15, 0.2) is 47.9 Å². The fourth-order valence-corrected chi connectivity index (χ4v) is 2.83. The smallest absolute Gasteiger partial charge is 0.378 e. The quantitative estimate of drug-likeness (QED) is 0.708. The van der Waals surface area contributed by atoms with E-state index < -0.39 is 29.9 Å². The van der Waals surface area contributed by atoms with Gasteiger partial charge in [-0.1, -0.05) is 36.4 Å². The molecule has 0 radical (unpaired) electrons. The summed E-state index contributed by atoms with van der Waals surface area (Å²) < 4.78 is 27.4. The number of hydrogen-bond donors (Lipinski definition) is 0. The number of rotatable bonds is 6. The summed E-state index contributed by atoms with van der Waals surface area (Å²) in [5.74, 6) is -2.29. The van der Waals surface area contributed by atoms with Crippen molar-refractivity contribution < 1.29 is 33.3 Å². The van der Waals surface area contributed by atoms with Crippen LogP contribution in [0.25, 0.3) is 6.08 Å². The van der Waals surface area contributed by atoms with Crippen LogP contribution < -0.4 is 0 Å². The van der Waals surface area contributed by atoms with Gasteiger partial charge in [0.05, 0.1) is 6.61 Å². The van der Waals surface area contributed by atoms with Gasteiger partial charge in [-0.15, -0.1) is 0 Å². The molecule has 3 rings (SSSR count). The lowest BCUT2D eigenvalue weighted by atomic mass is 10.2. The number of benzene rings is 1. The van der Waals surface area contributed by atoms with Crippen molar-refractivity contribution in [2.45, 2.75) is 38.8 Å². The van der Waals surface area contributed by atoms with Gasteiger partial charge in [0, 0.05) is 6.92 Å². The Labute approximate surface area is 157 Å². The summed E-state index contributed by atoms with van der Waals surface area (Å²) in [6.45, 7) is 5.14. The fourth-order valence-electron chi connectivity index (χ4n) is 2.83.